The predicted octanol–water partition coefficient (Wildman–Crippen LogP) is -0.0903. The van der Waals surface area contributed by atoms with Crippen LogP contribution in [0.15, 0.2) is 17.3 Å². The number of aliphatic hydroxyl groups is 1. The van der Waals surface area contributed by atoms with Crippen molar-refractivity contribution in [2.45, 2.75) is 23.8 Å². The summed E-state index contributed by atoms with van der Waals surface area (Å²) in [5, 5.41) is 11.9. The van der Waals surface area contributed by atoms with Gasteiger partial charge in [-0.2, -0.15) is 0 Å². The molecule has 1 heterocycles. The van der Waals surface area contributed by atoms with E-state index in [9.17, 15) is 13.5 Å². The summed E-state index contributed by atoms with van der Waals surface area (Å²) in [6.45, 7) is 0.410. The molecule has 0 amide bonds. The molecule has 0 saturated heterocycles. The molecule has 0 unspecified atom stereocenters. The lowest BCUT2D eigenvalue weighted by atomic mass is 9.82. The second kappa shape index (κ2) is 5.40. The number of aliphatic hydroxyl groups excluding tert-OH is 1. The molecule has 0 atom stereocenters. The smallest absolute Gasteiger partial charge is 0.245 e. The lowest BCUT2D eigenvalue weighted by Gasteiger charge is -2.33. The minimum Gasteiger partial charge on any atom is -0.393 e. The van der Waals surface area contributed by atoms with Gasteiger partial charge in [-0.15, -0.1) is 0 Å². The highest BCUT2D eigenvalue weighted by Gasteiger charge is 2.31. The van der Waals surface area contributed by atoms with Gasteiger partial charge in [-0.25, -0.2) is 22.7 Å². The first kappa shape index (κ1) is 14.2. The maximum Gasteiger partial charge on any atom is 0.245 e. The molecular weight excluding hydrogens is 268 g/mol. The molecule has 106 valence electrons. The fraction of sp³-hybridized carbons (Fsp3) is 0.636. The van der Waals surface area contributed by atoms with Gasteiger partial charge in [0.15, 0.2) is 0 Å². The first-order valence-electron chi connectivity index (χ1n) is 6.07. The minimum atomic E-state index is -3.55. The molecule has 0 aromatic carbocycles. The predicted molar refractivity (Wildman–Crippen MR) is 70.1 cm³/mol. The molecule has 2 N–H and O–H groups in total. The van der Waals surface area contributed by atoms with E-state index in [-0.39, 0.29) is 16.9 Å². The second-order valence-electron chi connectivity index (χ2n) is 4.77. The first-order valence-corrected chi connectivity index (χ1v) is 7.51. The molecule has 1 aromatic heterocycles. The summed E-state index contributed by atoms with van der Waals surface area (Å²) in [6.07, 6.45) is 3.63. The van der Waals surface area contributed by atoms with Gasteiger partial charge in [-0.1, -0.05) is 0 Å². The molecule has 1 aromatic rings. The van der Waals surface area contributed by atoms with Crippen LogP contribution in [-0.2, 0) is 10.0 Å². The summed E-state index contributed by atoms with van der Waals surface area (Å²) in [6, 6.07) is 0. The number of nitrogens with zero attached hydrogens (tertiary/aromatic N) is 3. The highest BCUT2D eigenvalue weighted by Crippen LogP contribution is 2.29. The Labute approximate surface area is 112 Å². The molecule has 1 saturated carbocycles. The third kappa shape index (κ3) is 3.02. The third-order valence-electron chi connectivity index (χ3n) is 3.29. The zero-order valence-electron chi connectivity index (χ0n) is 10.9. The molecular formula is C11H18N4O3S. The van der Waals surface area contributed by atoms with Crippen molar-refractivity contribution in [1.29, 1.82) is 0 Å². The largest absolute Gasteiger partial charge is 0.393 e. The van der Waals surface area contributed by atoms with Crippen molar-refractivity contribution in [2.75, 3.05) is 26.0 Å². The lowest BCUT2D eigenvalue weighted by Crippen LogP contribution is -2.39. The van der Waals surface area contributed by atoms with E-state index in [1.807, 2.05) is 0 Å². The Bertz CT molecular complexity index is 525. The molecule has 0 bridgehead atoms. The van der Waals surface area contributed by atoms with Gasteiger partial charge in [0.1, 0.15) is 4.90 Å². The number of aromatic nitrogens is 2. The molecule has 7 nitrogen and oxygen atoms in total. The van der Waals surface area contributed by atoms with Crippen LogP contribution in [0.25, 0.3) is 0 Å². The molecule has 0 radical (unpaired) electrons. The van der Waals surface area contributed by atoms with E-state index in [0.717, 1.165) is 0 Å². The van der Waals surface area contributed by atoms with Crippen LogP contribution in [0.3, 0.4) is 0 Å². The van der Waals surface area contributed by atoms with Crippen LogP contribution in [0.1, 0.15) is 12.8 Å². The summed E-state index contributed by atoms with van der Waals surface area (Å²) in [7, 11) is -0.356. The average Bonchev–Trinajstić information content (AvgIpc) is 2.36. The van der Waals surface area contributed by atoms with Gasteiger partial charge in [-0.3, -0.25) is 0 Å². The Balaban J connectivity index is 2.07. The monoisotopic (exact) mass is 286 g/mol. The van der Waals surface area contributed by atoms with E-state index in [1.165, 1.54) is 23.7 Å². The van der Waals surface area contributed by atoms with Crippen LogP contribution >= 0.6 is 0 Å². The van der Waals surface area contributed by atoms with E-state index in [0.29, 0.717) is 25.3 Å². The number of hydrogen-bond acceptors (Lipinski definition) is 6. The lowest BCUT2D eigenvalue weighted by molar-refractivity contribution is 0.0367. The van der Waals surface area contributed by atoms with Crippen LogP contribution < -0.4 is 5.32 Å². The zero-order valence-corrected chi connectivity index (χ0v) is 11.8. The number of sulfonamides is 1. The van der Waals surface area contributed by atoms with Gasteiger partial charge in [0.05, 0.1) is 18.5 Å². The Morgan fingerprint density at radius 2 is 2.00 bits per heavy atom. The third-order valence-corrected chi connectivity index (χ3v) is 5.06. The van der Waals surface area contributed by atoms with Gasteiger partial charge < -0.3 is 10.4 Å². The zero-order chi connectivity index (χ0) is 14.0. The second-order valence-corrected chi connectivity index (χ2v) is 6.81. The normalized spacial score (nSPS) is 23.2. The number of nitrogens with one attached hydrogen (secondary N) is 1. The number of hydrogen-bond donors (Lipinski definition) is 2. The maximum atomic E-state index is 12.3. The van der Waals surface area contributed by atoms with Crippen molar-refractivity contribution in [3.05, 3.63) is 12.4 Å². The Morgan fingerprint density at radius 3 is 2.47 bits per heavy atom. The van der Waals surface area contributed by atoms with Crippen molar-refractivity contribution in [3.8, 4) is 0 Å². The molecule has 19 heavy (non-hydrogen) atoms. The molecule has 1 aliphatic carbocycles. The number of anilines is 1. The molecule has 0 spiro atoms. The summed E-state index contributed by atoms with van der Waals surface area (Å²) in [5.74, 6) is 0.607. The summed E-state index contributed by atoms with van der Waals surface area (Å²) in [5.41, 5.74) is 0. The average molecular weight is 286 g/mol. The summed E-state index contributed by atoms with van der Waals surface area (Å²) < 4.78 is 25.8. The quantitative estimate of drug-likeness (QED) is 0.785. The van der Waals surface area contributed by atoms with Gasteiger partial charge >= 0.3 is 0 Å². The van der Waals surface area contributed by atoms with Crippen molar-refractivity contribution in [3.63, 3.8) is 0 Å². The summed E-state index contributed by atoms with van der Waals surface area (Å²) in [4.78, 5) is 7.88. The van der Waals surface area contributed by atoms with Crippen LogP contribution in [0.2, 0.25) is 0 Å². The molecule has 2 rings (SSSR count). The summed E-state index contributed by atoms with van der Waals surface area (Å²) >= 11 is 0. The molecule has 1 aliphatic rings. The Hall–Kier alpha value is -1.25. The van der Waals surface area contributed by atoms with E-state index in [2.05, 4.69) is 15.3 Å². The van der Waals surface area contributed by atoms with Crippen molar-refractivity contribution < 1.29 is 13.5 Å². The SMILES string of the molecule is CNc1ncc(S(=O)(=O)N(C)CC2CC(O)C2)cn1. The Kier molecular flexibility index (Phi) is 4.02. The van der Waals surface area contributed by atoms with E-state index < -0.39 is 10.0 Å². The van der Waals surface area contributed by atoms with Crippen LogP contribution in [-0.4, -0.2) is 54.5 Å². The van der Waals surface area contributed by atoms with Gasteiger partial charge in [-0.05, 0) is 18.8 Å². The Morgan fingerprint density at radius 1 is 1.42 bits per heavy atom. The van der Waals surface area contributed by atoms with E-state index in [4.69, 9.17) is 0 Å². The van der Waals surface area contributed by atoms with Gasteiger partial charge in [0.25, 0.3) is 0 Å². The highest BCUT2D eigenvalue weighted by atomic mass is 32.2. The first-order chi connectivity index (χ1) is 8.93. The topological polar surface area (TPSA) is 95.4 Å². The van der Waals surface area contributed by atoms with Crippen molar-refractivity contribution in [2.24, 2.45) is 5.92 Å². The van der Waals surface area contributed by atoms with Crippen molar-refractivity contribution >= 4 is 16.0 Å². The van der Waals surface area contributed by atoms with Crippen LogP contribution in [0.4, 0.5) is 5.95 Å². The number of rotatable bonds is 5. The molecule has 8 heteroatoms. The maximum absolute atomic E-state index is 12.3. The molecule has 0 aliphatic heterocycles. The highest BCUT2D eigenvalue weighted by molar-refractivity contribution is 7.89. The van der Waals surface area contributed by atoms with Crippen LogP contribution in [0, 0.1) is 5.92 Å². The van der Waals surface area contributed by atoms with Crippen LogP contribution in [0.5, 0.6) is 0 Å². The standard InChI is InChI=1S/C11H18N4O3S/c1-12-11-13-5-10(6-14-11)19(17,18)15(2)7-8-3-9(16)4-8/h5-6,8-9,16H,3-4,7H2,1-2H3,(H,12,13,14). The fourth-order valence-corrected chi connectivity index (χ4v) is 3.21. The minimum absolute atomic E-state index is 0.0777. The van der Waals surface area contributed by atoms with E-state index in [1.54, 1.807) is 7.05 Å². The van der Waals surface area contributed by atoms with Crippen molar-refractivity contribution in [1.82, 2.24) is 14.3 Å². The fourth-order valence-electron chi connectivity index (χ4n) is 2.07. The van der Waals surface area contributed by atoms with Gasteiger partial charge in [0.2, 0.25) is 16.0 Å². The molecule has 1 fully saturated rings. The van der Waals surface area contributed by atoms with Gasteiger partial charge in [0, 0.05) is 20.6 Å². The van der Waals surface area contributed by atoms with E-state index >= 15 is 0 Å².